The SMILES string of the molecule is O=C(C1CCN(c2ccc(S(=O)(=O)C(F)(F)F)cc2[N+](=O)[O-])CC1)N1CCCCC1. The van der Waals surface area contributed by atoms with E-state index in [4.69, 9.17) is 0 Å². The summed E-state index contributed by atoms with van der Waals surface area (Å²) in [5, 5.41) is 11.4. The van der Waals surface area contributed by atoms with Crippen molar-refractivity contribution >= 4 is 27.1 Å². The smallest absolute Gasteiger partial charge is 0.366 e. The van der Waals surface area contributed by atoms with Crippen molar-refractivity contribution in [3.8, 4) is 0 Å². The average Bonchev–Trinajstić information content (AvgIpc) is 2.72. The second-order valence-electron chi connectivity index (χ2n) is 7.50. The van der Waals surface area contributed by atoms with Crippen LogP contribution in [0.3, 0.4) is 0 Å². The standard InChI is InChI=1S/C18H22F3N3O5S/c19-18(20,21)30(28,29)14-4-5-15(16(12-14)24(26)27)22-10-6-13(7-11-22)17(25)23-8-2-1-3-9-23/h4-5,12-13H,1-3,6-11H2. The quantitative estimate of drug-likeness (QED) is 0.517. The van der Waals surface area contributed by atoms with Crippen LogP contribution in [-0.4, -0.2) is 55.8 Å². The van der Waals surface area contributed by atoms with Crippen LogP contribution in [0.15, 0.2) is 23.1 Å². The van der Waals surface area contributed by atoms with E-state index in [9.17, 15) is 36.5 Å². The summed E-state index contributed by atoms with van der Waals surface area (Å²) in [6.07, 6.45) is 3.99. The highest BCUT2D eigenvalue weighted by molar-refractivity contribution is 7.92. The lowest BCUT2D eigenvalue weighted by molar-refractivity contribution is -0.384. The number of sulfone groups is 1. The molecule has 2 aliphatic heterocycles. The third kappa shape index (κ3) is 4.37. The van der Waals surface area contributed by atoms with E-state index in [1.807, 2.05) is 4.90 Å². The second-order valence-corrected chi connectivity index (χ2v) is 9.45. The zero-order chi connectivity index (χ0) is 22.1. The first kappa shape index (κ1) is 22.3. The Morgan fingerprint density at radius 2 is 1.67 bits per heavy atom. The number of anilines is 1. The normalized spacial score (nSPS) is 19.0. The number of carbonyl (C=O) groups excluding carboxylic acids is 1. The number of amides is 1. The number of nitrogens with zero attached hydrogens (tertiary/aromatic N) is 3. The van der Waals surface area contributed by atoms with Crippen LogP contribution in [0.25, 0.3) is 0 Å². The largest absolute Gasteiger partial charge is 0.501 e. The lowest BCUT2D eigenvalue weighted by Gasteiger charge is -2.36. The van der Waals surface area contributed by atoms with Gasteiger partial charge in [-0.1, -0.05) is 0 Å². The van der Waals surface area contributed by atoms with E-state index in [1.54, 1.807) is 4.90 Å². The maximum atomic E-state index is 12.8. The number of alkyl halides is 3. The zero-order valence-corrected chi connectivity index (χ0v) is 16.9. The van der Waals surface area contributed by atoms with Crippen molar-refractivity contribution in [1.29, 1.82) is 0 Å². The Kier molecular flexibility index (Phi) is 6.25. The van der Waals surface area contributed by atoms with Crippen LogP contribution < -0.4 is 4.90 Å². The first-order valence-electron chi connectivity index (χ1n) is 9.66. The molecule has 0 radical (unpaired) electrons. The second kappa shape index (κ2) is 8.40. The lowest BCUT2D eigenvalue weighted by atomic mass is 9.94. The van der Waals surface area contributed by atoms with Crippen molar-refractivity contribution in [2.75, 3.05) is 31.1 Å². The van der Waals surface area contributed by atoms with E-state index in [-0.39, 0.29) is 17.5 Å². The third-order valence-electron chi connectivity index (χ3n) is 5.61. The zero-order valence-electron chi connectivity index (χ0n) is 16.1. The highest BCUT2D eigenvalue weighted by atomic mass is 32.2. The van der Waals surface area contributed by atoms with Crippen LogP contribution in [0, 0.1) is 16.0 Å². The maximum Gasteiger partial charge on any atom is 0.501 e. The van der Waals surface area contributed by atoms with Crippen molar-refractivity contribution < 1.29 is 31.3 Å². The first-order chi connectivity index (χ1) is 14.0. The summed E-state index contributed by atoms with van der Waals surface area (Å²) in [5.74, 6) is -0.112. The molecule has 166 valence electrons. The van der Waals surface area contributed by atoms with Crippen molar-refractivity contribution in [1.82, 2.24) is 4.90 Å². The lowest BCUT2D eigenvalue weighted by Crippen LogP contribution is -2.44. The number of rotatable bonds is 4. The Labute approximate surface area is 171 Å². The summed E-state index contributed by atoms with van der Waals surface area (Å²) in [6, 6.07) is 2.21. The van der Waals surface area contributed by atoms with Crippen molar-refractivity contribution in [2.24, 2.45) is 5.92 Å². The molecule has 0 aliphatic carbocycles. The highest BCUT2D eigenvalue weighted by Crippen LogP contribution is 2.37. The van der Waals surface area contributed by atoms with Gasteiger partial charge in [0.15, 0.2) is 0 Å². The van der Waals surface area contributed by atoms with Gasteiger partial charge in [-0.3, -0.25) is 14.9 Å². The van der Waals surface area contributed by atoms with Gasteiger partial charge >= 0.3 is 5.51 Å². The summed E-state index contributed by atoms with van der Waals surface area (Å²) in [5.41, 5.74) is -6.21. The van der Waals surface area contributed by atoms with Gasteiger partial charge in [-0.05, 0) is 44.2 Å². The van der Waals surface area contributed by atoms with Crippen LogP contribution >= 0.6 is 0 Å². The minimum Gasteiger partial charge on any atom is -0.366 e. The molecule has 2 heterocycles. The van der Waals surface area contributed by atoms with Gasteiger partial charge < -0.3 is 9.80 Å². The molecule has 12 heteroatoms. The summed E-state index contributed by atoms with van der Waals surface area (Å²) >= 11 is 0. The van der Waals surface area contributed by atoms with Crippen LogP contribution in [0.4, 0.5) is 24.5 Å². The summed E-state index contributed by atoms with van der Waals surface area (Å²) in [4.78, 5) is 25.5. The van der Waals surface area contributed by atoms with Crippen molar-refractivity contribution in [3.05, 3.63) is 28.3 Å². The molecule has 0 atom stereocenters. The molecule has 3 rings (SSSR count). The third-order valence-corrected chi connectivity index (χ3v) is 7.10. The number of hydrogen-bond donors (Lipinski definition) is 0. The predicted octanol–water partition coefficient (Wildman–Crippen LogP) is 3.12. The molecule has 1 aromatic rings. The number of nitro groups is 1. The molecular formula is C18H22F3N3O5S. The average molecular weight is 449 g/mol. The summed E-state index contributed by atoms with van der Waals surface area (Å²) in [6.45, 7) is 2.10. The number of piperidine rings is 2. The predicted molar refractivity (Wildman–Crippen MR) is 102 cm³/mol. The fourth-order valence-corrected chi connectivity index (χ4v) is 4.74. The molecule has 0 spiro atoms. The van der Waals surface area contributed by atoms with E-state index < -0.39 is 30.9 Å². The Morgan fingerprint density at radius 1 is 1.07 bits per heavy atom. The van der Waals surface area contributed by atoms with Gasteiger partial charge in [0.2, 0.25) is 5.91 Å². The van der Waals surface area contributed by atoms with Crippen molar-refractivity contribution in [2.45, 2.75) is 42.5 Å². The summed E-state index contributed by atoms with van der Waals surface area (Å²) < 4.78 is 61.5. The Hall–Kier alpha value is -2.37. The van der Waals surface area contributed by atoms with Gasteiger partial charge in [-0.25, -0.2) is 8.42 Å². The summed E-state index contributed by atoms with van der Waals surface area (Å²) in [7, 11) is -5.69. The van der Waals surface area contributed by atoms with Crippen LogP contribution in [0.2, 0.25) is 0 Å². The van der Waals surface area contributed by atoms with Crippen LogP contribution in [-0.2, 0) is 14.6 Å². The van der Waals surface area contributed by atoms with Crippen molar-refractivity contribution in [3.63, 3.8) is 0 Å². The molecule has 0 saturated carbocycles. The molecule has 8 nitrogen and oxygen atoms in total. The maximum absolute atomic E-state index is 12.8. The number of likely N-dealkylation sites (tertiary alicyclic amines) is 1. The Balaban J connectivity index is 1.77. The van der Waals surface area contributed by atoms with Gasteiger partial charge in [-0.2, -0.15) is 13.2 Å². The minimum absolute atomic E-state index is 0.0463. The molecule has 30 heavy (non-hydrogen) atoms. The van der Waals surface area contributed by atoms with E-state index in [0.717, 1.165) is 44.5 Å². The minimum atomic E-state index is -5.69. The molecule has 2 aliphatic rings. The van der Waals surface area contributed by atoms with E-state index in [1.165, 1.54) is 0 Å². The molecule has 0 N–H and O–H groups in total. The topological polar surface area (TPSA) is 101 Å². The Bertz CT molecular complexity index is 921. The molecule has 0 aromatic heterocycles. The van der Waals surface area contributed by atoms with Gasteiger partial charge in [0.1, 0.15) is 5.69 Å². The molecular weight excluding hydrogens is 427 g/mol. The van der Waals surface area contributed by atoms with Gasteiger partial charge in [-0.15, -0.1) is 0 Å². The number of hydrogen-bond acceptors (Lipinski definition) is 6. The van der Waals surface area contributed by atoms with Gasteiger partial charge in [0.05, 0.1) is 9.82 Å². The van der Waals surface area contributed by atoms with E-state index in [2.05, 4.69) is 0 Å². The van der Waals surface area contributed by atoms with E-state index in [0.29, 0.717) is 32.0 Å². The van der Waals surface area contributed by atoms with E-state index >= 15 is 0 Å². The van der Waals surface area contributed by atoms with Crippen LogP contribution in [0.5, 0.6) is 0 Å². The van der Waals surface area contributed by atoms with Crippen LogP contribution in [0.1, 0.15) is 32.1 Å². The molecule has 0 bridgehead atoms. The first-order valence-corrected chi connectivity index (χ1v) is 11.1. The van der Waals surface area contributed by atoms with Gasteiger partial charge in [0, 0.05) is 38.2 Å². The Morgan fingerprint density at radius 3 is 2.20 bits per heavy atom. The number of benzene rings is 1. The fraction of sp³-hybridized carbons (Fsp3) is 0.611. The number of carbonyl (C=O) groups is 1. The number of nitro benzene ring substituents is 1. The highest BCUT2D eigenvalue weighted by Gasteiger charge is 2.47. The molecule has 1 amide bonds. The number of halogens is 3. The molecule has 0 unspecified atom stereocenters. The molecule has 2 saturated heterocycles. The fourth-order valence-electron chi connectivity index (χ4n) is 3.96. The monoisotopic (exact) mass is 449 g/mol. The molecule has 1 aromatic carbocycles. The molecule has 2 fully saturated rings. The van der Waals surface area contributed by atoms with Gasteiger partial charge in [0.25, 0.3) is 15.5 Å².